The van der Waals surface area contributed by atoms with Gasteiger partial charge in [-0.25, -0.2) is 13.4 Å². The topological polar surface area (TPSA) is 55.2 Å². The van der Waals surface area contributed by atoms with Crippen molar-refractivity contribution in [3.63, 3.8) is 0 Å². The molecule has 1 aromatic rings. The predicted octanol–water partition coefficient (Wildman–Crippen LogP) is 0.903. The molecule has 0 saturated heterocycles. The van der Waals surface area contributed by atoms with Crippen LogP contribution >= 0.6 is 11.6 Å². The molecule has 1 aliphatic heterocycles. The van der Waals surface area contributed by atoms with E-state index in [9.17, 15) is 8.42 Å². The van der Waals surface area contributed by atoms with E-state index in [-0.39, 0.29) is 11.7 Å². The molecule has 1 aliphatic rings. The molecular weight excluding hydrogens is 262 g/mol. The van der Waals surface area contributed by atoms with E-state index in [1.165, 1.54) is 4.31 Å². The summed E-state index contributed by atoms with van der Waals surface area (Å²) in [5.41, 5.74) is 0. The lowest BCUT2D eigenvalue weighted by molar-refractivity contribution is 0.333. The Balaban J connectivity index is 2.10. The highest BCUT2D eigenvalue weighted by molar-refractivity contribution is 7.89. The molecule has 1 atom stereocenters. The van der Waals surface area contributed by atoms with Crippen LogP contribution in [-0.2, 0) is 23.1 Å². The minimum absolute atomic E-state index is 0.0247. The average Bonchev–Trinajstić information content (AvgIpc) is 2.75. The summed E-state index contributed by atoms with van der Waals surface area (Å²) >= 11 is 5.66. The molecule has 0 aliphatic carbocycles. The molecule has 96 valence electrons. The number of fused-ring (bicyclic) bond motifs is 1. The van der Waals surface area contributed by atoms with Crippen LogP contribution in [0, 0.1) is 5.92 Å². The lowest BCUT2D eigenvalue weighted by Gasteiger charge is -2.27. The van der Waals surface area contributed by atoms with Crippen molar-refractivity contribution in [2.45, 2.75) is 20.0 Å². The molecule has 0 saturated carbocycles. The third-order valence-electron chi connectivity index (χ3n) is 2.86. The molecule has 0 fully saturated rings. The maximum Gasteiger partial charge on any atom is 0.214 e. The van der Waals surface area contributed by atoms with Gasteiger partial charge in [0, 0.05) is 31.4 Å². The molecular formula is C10H16ClN3O2S. The van der Waals surface area contributed by atoms with E-state index in [0.29, 0.717) is 25.5 Å². The fourth-order valence-electron chi connectivity index (χ4n) is 1.90. The van der Waals surface area contributed by atoms with Gasteiger partial charge in [-0.15, -0.1) is 11.6 Å². The Morgan fingerprint density at radius 1 is 1.53 bits per heavy atom. The van der Waals surface area contributed by atoms with Crippen molar-refractivity contribution in [1.82, 2.24) is 13.9 Å². The number of nitrogens with zero attached hydrogens (tertiary/aromatic N) is 3. The first-order valence-corrected chi connectivity index (χ1v) is 7.71. The normalized spacial score (nSPS) is 18.9. The van der Waals surface area contributed by atoms with Gasteiger partial charge in [0.2, 0.25) is 10.0 Å². The average molecular weight is 278 g/mol. The maximum atomic E-state index is 12.1. The summed E-state index contributed by atoms with van der Waals surface area (Å²) in [6.07, 6.45) is 3.58. The first-order valence-electron chi connectivity index (χ1n) is 5.56. The maximum absolute atomic E-state index is 12.1. The van der Waals surface area contributed by atoms with E-state index in [1.54, 1.807) is 6.20 Å². The highest BCUT2D eigenvalue weighted by atomic mass is 35.5. The van der Waals surface area contributed by atoms with Crippen molar-refractivity contribution in [1.29, 1.82) is 0 Å². The summed E-state index contributed by atoms with van der Waals surface area (Å²) < 4.78 is 27.7. The quantitative estimate of drug-likeness (QED) is 0.769. The molecule has 0 bridgehead atoms. The number of imidazole rings is 1. The fourth-order valence-corrected chi connectivity index (χ4v) is 3.86. The van der Waals surface area contributed by atoms with Gasteiger partial charge in [0.05, 0.1) is 12.3 Å². The van der Waals surface area contributed by atoms with Crippen LogP contribution in [0.3, 0.4) is 0 Å². The highest BCUT2D eigenvalue weighted by Gasteiger charge is 2.28. The zero-order chi connectivity index (χ0) is 12.5. The lowest BCUT2D eigenvalue weighted by Crippen LogP contribution is -2.40. The van der Waals surface area contributed by atoms with Gasteiger partial charge in [-0.2, -0.15) is 4.31 Å². The molecule has 2 rings (SSSR count). The second kappa shape index (κ2) is 4.96. The van der Waals surface area contributed by atoms with Crippen LogP contribution in [0.25, 0.3) is 0 Å². The summed E-state index contributed by atoms with van der Waals surface area (Å²) in [5.74, 6) is 1.25. The van der Waals surface area contributed by atoms with Crippen molar-refractivity contribution >= 4 is 21.6 Å². The summed E-state index contributed by atoms with van der Waals surface area (Å²) in [7, 11) is -3.22. The molecule has 0 aromatic carbocycles. The third kappa shape index (κ3) is 2.81. The van der Waals surface area contributed by atoms with Crippen LogP contribution in [0.1, 0.15) is 12.7 Å². The van der Waals surface area contributed by atoms with Gasteiger partial charge in [-0.1, -0.05) is 6.92 Å². The van der Waals surface area contributed by atoms with E-state index < -0.39 is 10.0 Å². The van der Waals surface area contributed by atoms with Crippen molar-refractivity contribution in [3.05, 3.63) is 18.2 Å². The van der Waals surface area contributed by atoms with Crippen molar-refractivity contribution < 1.29 is 8.42 Å². The molecule has 1 aromatic heterocycles. The van der Waals surface area contributed by atoms with Crippen molar-refractivity contribution in [2.24, 2.45) is 5.92 Å². The number of aromatic nitrogens is 2. The van der Waals surface area contributed by atoms with E-state index in [2.05, 4.69) is 4.98 Å². The molecule has 0 amide bonds. The lowest BCUT2D eigenvalue weighted by atomic mass is 10.3. The Bertz CT molecular complexity index is 485. The molecule has 5 nitrogen and oxygen atoms in total. The van der Waals surface area contributed by atoms with Crippen LogP contribution in [-0.4, -0.2) is 40.5 Å². The number of sulfonamides is 1. The van der Waals surface area contributed by atoms with Gasteiger partial charge in [0.25, 0.3) is 0 Å². The van der Waals surface area contributed by atoms with Gasteiger partial charge in [-0.3, -0.25) is 0 Å². The standard InChI is InChI=1S/C10H16ClN3O2S/c1-9(6-11)8-17(15,16)14-5-4-13-3-2-12-10(13)7-14/h2-3,9H,4-8H2,1H3. The molecule has 0 spiro atoms. The second-order valence-corrected chi connectivity index (χ2v) is 6.73. The van der Waals surface area contributed by atoms with Crippen LogP contribution in [0.4, 0.5) is 0 Å². The summed E-state index contributed by atoms with van der Waals surface area (Å²) in [6, 6.07) is 0. The van der Waals surface area contributed by atoms with Gasteiger partial charge in [-0.05, 0) is 5.92 Å². The zero-order valence-corrected chi connectivity index (χ0v) is 11.3. The van der Waals surface area contributed by atoms with E-state index in [4.69, 9.17) is 11.6 Å². The van der Waals surface area contributed by atoms with Crippen LogP contribution in [0.5, 0.6) is 0 Å². The largest absolute Gasteiger partial charge is 0.333 e. The first-order chi connectivity index (χ1) is 8.03. The number of hydrogen-bond donors (Lipinski definition) is 0. The van der Waals surface area contributed by atoms with Gasteiger partial charge in [0.15, 0.2) is 0 Å². The van der Waals surface area contributed by atoms with Gasteiger partial charge in [0.1, 0.15) is 5.82 Å². The highest BCUT2D eigenvalue weighted by Crippen LogP contribution is 2.16. The number of rotatable bonds is 4. The SMILES string of the molecule is CC(CCl)CS(=O)(=O)N1CCn2ccnc2C1. The zero-order valence-electron chi connectivity index (χ0n) is 9.71. The van der Waals surface area contributed by atoms with Crippen LogP contribution in [0.2, 0.25) is 0 Å². The smallest absolute Gasteiger partial charge is 0.214 e. The Morgan fingerprint density at radius 3 is 3.00 bits per heavy atom. The third-order valence-corrected chi connectivity index (χ3v) is 5.48. The molecule has 7 heteroatoms. The summed E-state index contributed by atoms with van der Waals surface area (Å²) in [6.45, 7) is 3.39. The number of halogens is 1. The van der Waals surface area contributed by atoms with Crippen LogP contribution in [0.15, 0.2) is 12.4 Å². The molecule has 1 unspecified atom stereocenters. The van der Waals surface area contributed by atoms with E-state index in [1.807, 2.05) is 17.7 Å². The fraction of sp³-hybridized carbons (Fsp3) is 0.700. The Hall–Kier alpha value is -0.590. The number of alkyl halides is 1. The van der Waals surface area contributed by atoms with Crippen LogP contribution < -0.4 is 0 Å². The van der Waals surface area contributed by atoms with E-state index in [0.717, 1.165) is 5.82 Å². The number of hydrogen-bond acceptors (Lipinski definition) is 3. The molecule has 0 N–H and O–H groups in total. The minimum atomic E-state index is -3.22. The Kier molecular flexibility index (Phi) is 3.75. The Labute approximate surface area is 106 Å². The molecule has 17 heavy (non-hydrogen) atoms. The Morgan fingerprint density at radius 2 is 2.29 bits per heavy atom. The molecule has 2 heterocycles. The molecule has 0 radical (unpaired) electrons. The van der Waals surface area contributed by atoms with Crippen molar-refractivity contribution in [3.8, 4) is 0 Å². The minimum Gasteiger partial charge on any atom is -0.333 e. The summed E-state index contributed by atoms with van der Waals surface area (Å²) in [4.78, 5) is 4.15. The monoisotopic (exact) mass is 277 g/mol. The van der Waals surface area contributed by atoms with Gasteiger partial charge >= 0.3 is 0 Å². The van der Waals surface area contributed by atoms with E-state index >= 15 is 0 Å². The van der Waals surface area contributed by atoms with Gasteiger partial charge < -0.3 is 4.57 Å². The summed E-state index contributed by atoms with van der Waals surface area (Å²) in [5, 5.41) is 0. The predicted molar refractivity (Wildman–Crippen MR) is 66.3 cm³/mol. The first kappa shape index (κ1) is 12.9. The second-order valence-electron chi connectivity index (χ2n) is 4.41. The van der Waals surface area contributed by atoms with Crippen molar-refractivity contribution in [2.75, 3.05) is 18.2 Å².